The third-order valence-electron chi connectivity index (χ3n) is 4.55. The van der Waals surface area contributed by atoms with E-state index in [1.165, 1.54) is 0 Å². The predicted molar refractivity (Wildman–Crippen MR) is 90.6 cm³/mol. The summed E-state index contributed by atoms with van der Waals surface area (Å²) in [7, 11) is 2.05. The van der Waals surface area contributed by atoms with Gasteiger partial charge in [-0.25, -0.2) is 0 Å². The zero-order valence-corrected chi connectivity index (χ0v) is 14.9. The second kappa shape index (κ2) is 7.79. The average molecular weight is 347 g/mol. The number of furan rings is 1. The molecule has 8 nitrogen and oxygen atoms in total. The molecule has 2 aromatic heterocycles. The number of nitrogens with zero attached hydrogens (tertiary/aromatic N) is 4. The molecule has 1 saturated heterocycles. The van der Waals surface area contributed by atoms with Crippen LogP contribution in [0.3, 0.4) is 0 Å². The van der Waals surface area contributed by atoms with Gasteiger partial charge in [0, 0.05) is 26.1 Å². The summed E-state index contributed by atoms with van der Waals surface area (Å²) in [6, 6.07) is 3.95. The zero-order chi connectivity index (χ0) is 17.8. The minimum Gasteiger partial charge on any atom is -0.467 e. The van der Waals surface area contributed by atoms with Crippen molar-refractivity contribution in [3.63, 3.8) is 0 Å². The highest BCUT2D eigenvalue weighted by Gasteiger charge is 2.28. The van der Waals surface area contributed by atoms with Crippen LogP contribution >= 0.6 is 0 Å². The Kier molecular flexibility index (Phi) is 5.50. The van der Waals surface area contributed by atoms with Gasteiger partial charge in [-0.1, -0.05) is 5.16 Å². The Balaban J connectivity index is 1.43. The standard InChI is InChI=1S/C17H25N5O3/c1-12(15-5-4-8-24-15)18-17(23)11-22-7-6-14(9-22)21(3)10-16-19-13(2)25-20-16/h4-5,8,12,14H,6-7,9-11H2,1-3H3,(H,18,23). The van der Waals surface area contributed by atoms with Crippen molar-refractivity contribution in [1.82, 2.24) is 25.3 Å². The molecule has 1 aliphatic heterocycles. The minimum absolute atomic E-state index is 0.0148. The summed E-state index contributed by atoms with van der Waals surface area (Å²) in [6.07, 6.45) is 2.64. The summed E-state index contributed by atoms with van der Waals surface area (Å²) in [5.41, 5.74) is 0. The van der Waals surface area contributed by atoms with Gasteiger partial charge in [0.1, 0.15) is 5.76 Å². The molecule has 1 N–H and O–H groups in total. The van der Waals surface area contributed by atoms with Crippen LogP contribution in [-0.2, 0) is 11.3 Å². The van der Waals surface area contributed by atoms with Crippen molar-refractivity contribution >= 4 is 5.91 Å². The van der Waals surface area contributed by atoms with Gasteiger partial charge in [0.25, 0.3) is 0 Å². The van der Waals surface area contributed by atoms with E-state index in [-0.39, 0.29) is 11.9 Å². The quantitative estimate of drug-likeness (QED) is 0.809. The van der Waals surface area contributed by atoms with Crippen LogP contribution in [0.4, 0.5) is 0 Å². The molecule has 3 heterocycles. The molecule has 3 rings (SSSR count). The van der Waals surface area contributed by atoms with E-state index in [4.69, 9.17) is 8.94 Å². The molecule has 2 atom stereocenters. The maximum absolute atomic E-state index is 12.2. The molecule has 0 aromatic carbocycles. The number of likely N-dealkylation sites (tertiary alicyclic amines) is 1. The second-order valence-corrected chi connectivity index (χ2v) is 6.63. The second-order valence-electron chi connectivity index (χ2n) is 6.63. The summed E-state index contributed by atoms with van der Waals surface area (Å²) in [5, 5.41) is 6.91. The van der Waals surface area contributed by atoms with E-state index in [9.17, 15) is 4.79 Å². The molecule has 0 spiro atoms. The van der Waals surface area contributed by atoms with Crippen LogP contribution in [0.2, 0.25) is 0 Å². The molecule has 0 bridgehead atoms. The van der Waals surface area contributed by atoms with Crippen molar-refractivity contribution < 1.29 is 13.7 Å². The van der Waals surface area contributed by atoms with Crippen LogP contribution in [0, 0.1) is 6.92 Å². The maximum Gasteiger partial charge on any atom is 0.234 e. The third kappa shape index (κ3) is 4.67. The lowest BCUT2D eigenvalue weighted by atomic mass is 10.2. The first-order chi connectivity index (χ1) is 12.0. The van der Waals surface area contributed by atoms with Crippen molar-refractivity contribution in [3.05, 3.63) is 35.9 Å². The fraction of sp³-hybridized carbons (Fsp3) is 0.588. The van der Waals surface area contributed by atoms with Gasteiger partial charge in [0.2, 0.25) is 11.8 Å². The number of hydrogen-bond acceptors (Lipinski definition) is 7. The normalized spacial score (nSPS) is 19.4. The van der Waals surface area contributed by atoms with E-state index in [0.29, 0.717) is 30.8 Å². The third-order valence-corrected chi connectivity index (χ3v) is 4.55. The van der Waals surface area contributed by atoms with Crippen molar-refractivity contribution in [1.29, 1.82) is 0 Å². The highest BCUT2D eigenvalue weighted by atomic mass is 16.5. The average Bonchev–Trinajstić information content (AvgIpc) is 3.28. The maximum atomic E-state index is 12.2. The monoisotopic (exact) mass is 347 g/mol. The lowest BCUT2D eigenvalue weighted by Gasteiger charge is -2.23. The molecular formula is C17H25N5O3. The predicted octanol–water partition coefficient (Wildman–Crippen LogP) is 1.35. The van der Waals surface area contributed by atoms with Crippen LogP contribution in [0.15, 0.2) is 27.3 Å². The number of carbonyl (C=O) groups excluding carboxylic acids is 1. The van der Waals surface area contributed by atoms with E-state index in [0.717, 1.165) is 25.3 Å². The van der Waals surface area contributed by atoms with E-state index in [2.05, 4.69) is 32.3 Å². The molecule has 0 saturated carbocycles. The molecule has 136 valence electrons. The Morgan fingerprint density at radius 3 is 3.08 bits per heavy atom. The first-order valence-corrected chi connectivity index (χ1v) is 8.56. The zero-order valence-electron chi connectivity index (χ0n) is 14.9. The smallest absolute Gasteiger partial charge is 0.234 e. The van der Waals surface area contributed by atoms with Gasteiger partial charge in [-0.05, 0) is 32.5 Å². The first-order valence-electron chi connectivity index (χ1n) is 8.56. The van der Waals surface area contributed by atoms with Gasteiger partial charge in [-0.2, -0.15) is 4.98 Å². The van der Waals surface area contributed by atoms with Crippen LogP contribution in [0.5, 0.6) is 0 Å². The summed E-state index contributed by atoms with van der Waals surface area (Å²) >= 11 is 0. The molecule has 1 fully saturated rings. The number of hydrogen-bond donors (Lipinski definition) is 1. The largest absolute Gasteiger partial charge is 0.467 e. The lowest BCUT2D eigenvalue weighted by Crippen LogP contribution is -2.39. The highest BCUT2D eigenvalue weighted by Crippen LogP contribution is 2.16. The topological polar surface area (TPSA) is 87.6 Å². The molecular weight excluding hydrogens is 322 g/mol. The first kappa shape index (κ1) is 17.6. The summed E-state index contributed by atoms with van der Waals surface area (Å²) in [5.74, 6) is 2.06. The molecule has 1 amide bonds. The van der Waals surface area contributed by atoms with Gasteiger partial charge in [-0.15, -0.1) is 0 Å². The highest BCUT2D eigenvalue weighted by molar-refractivity contribution is 5.78. The molecule has 8 heteroatoms. The molecule has 1 aliphatic rings. The Labute approximate surface area is 147 Å². The Morgan fingerprint density at radius 1 is 1.56 bits per heavy atom. The van der Waals surface area contributed by atoms with Gasteiger partial charge in [0.15, 0.2) is 5.82 Å². The fourth-order valence-electron chi connectivity index (χ4n) is 3.17. The minimum atomic E-state index is -0.120. The lowest BCUT2D eigenvalue weighted by molar-refractivity contribution is -0.122. The van der Waals surface area contributed by atoms with E-state index >= 15 is 0 Å². The van der Waals surface area contributed by atoms with Crippen molar-refractivity contribution in [2.24, 2.45) is 0 Å². The summed E-state index contributed by atoms with van der Waals surface area (Å²) < 4.78 is 10.3. The number of aromatic nitrogens is 2. The van der Waals surface area contributed by atoms with Crippen LogP contribution in [-0.4, -0.2) is 58.6 Å². The summed E-state index contributed by atoms with van der Waals surface area (Å²) in [6.45, 7) is 6.52. The number of rotatable bonds is 7. The number of likely N-dealkylation sites (N-methyl/N-ethyl adjacent to an activating group) is 1. The van der Waals surface area contributed by atoms with Gasteiger partial charge in [-0.3, -0.25) is 14.6 Å². The van der Waals surface area contributed by atoms with Crippen LogP contribution < -0.4 is 5.32 Å². The van der Waals surface area contributed by atoms with E-state index in [1.54, 1.807) is 13.2 Å². The van der Waals surface area contributed by atoms with Gasteiger partial charge >= 0.3 is 0 Å². The number of carbonyl (C=O) groups is 1. The number of nitrogens with one attached hydrogen (secondary N) is 1. The Hall–Kier alpha value is -2.19. The molecule has 2 unspecified atom stereocenters. The van der Waals surface area contributed by atoms with Gasteiger partial charge < -0.3 is 14.3 Å². The van der Waals surface area contributed by atoms with E-state index in [1.807, 2.05) is 19.1 Å². The Bertz CT molecular complexity index is 684. The van der Waals surface area contributed by atoms with Crippen LogP contribution in [0.1, 0.15) is 36.9 Å². The van der Waals surface area contributed by atoms with Crippen molar-refractivity contribution in [2.75, 3.05) is 26.7 Å². The van der Waals surface area contributed by atoms with Crippen molar-refractivity contribution in [2.45, 2.75) is 38.9 Å². The van der Waals surface area contributed by atoms with Gasteiger partial charge in [0.05, 0.1) is 25.4 Å². The SMILES string of the molecule is Cc1nc(CN(C)C2CCN(CC(=O)NC(C)c3ccco3)C2)no1. The number of amides is 1. The molecule has 2 aromatic rings. The summed E-state index contributed by atoms with van der Waals surface area (Å²) in [4.78, 5) is 20.9. The molecule has 25 heavy (non-hydrogen) atoms. The van der Waals surface area contributed by atoms with Crippen molar-refractivity contribution in [3.8, 4) is 0 Å². The Morgan fingerprint density at radius 2 is 2.40 bits per heavy atom. The molecule has 0 aliphatic carbocycles. The molecule has 0 radical (unpaired) electrons. The number of aryl methyl sites for hydroxylation is 1. The van der Waals surface area contributed by atoms with E-state index < -0.39 is 0 Å². The fourth-order valence-corrected chi connectivity index (χ4v) is 3.17. The van der Waals surface area contributed by atoms with Crippen LogP contribution in [0.25, 0.3) is 0 Å².